The third kappa shape index (κ3) is 5.13. The van der Waals surface area contributed by atoms with Crippen LogP contribution in [0.2, 0.25) is 0 Å². The number of halogens is 1. The molecule has 3 rings (SSSR count). The molecule has 27 heavy (non-hydrogen) atoms. The number of benzene rings is 1. The maximum Gasteiger partial charge on any atom is 0.319 e. The van der Waals surface area contributed by atoms with Gasteiger partial charge in [0.25, 0.3) is 5.91 Å². The maximum absolute atomic E-state index is 12.7. The van der Waals surface area contributed by atoms with Gasteiger partial charge in [0.15, 0.2) is 10.4 Å². The second-order valence-corrected chi connectivity index (χ2v) is 7.80. The third-order valence-corrected chi connectivity index (χ3v) is 5.14. The van der Waals surface area contributed by atoms with Crippen LogP contribution in [-0.4, -0.2) is 36.5 Å². The molecule has 0 spiro atoms. The van der Waals surface area contributed by atoms with Crippen LogP contribution in [0, 0.1) is 19.8 Å². The Bertz CT molecular complexity index is 816. The summed E-state index contributed by atoms with van der Waals surface area (Å²) < 4.78 is 6.04. The number of anilines is 1. The van der Waals surface area contributed by atoms with Gasteiger partial charge in [-0.3, -0.25) is 4.79 Å². The second kappa shape index (κ2) is 8.61. The van der Waals surface area contributed by atoms with E-state index in [1.54, 1.807) is 6.07 Å². The fourth-order valence-corrected chi connectivity index (χ4v) is 3.77. The lowest BCUT2D eigenvalue weighted by Gasteiger charge is -2.32. The van der Waals surface area contributed by atoms with E-state index in [-0.39, 0.29) is 17.9 Å². The molecule has 0 aliphatic carbocycles. The summed E-state index contributed by atoms with van der Waals surface area (Å²) in [5.41, 5.74) is 2.73. The number of carbonyl (C=O) groups is 2. The Morgan fingerprint density at radius 2 is 2.00 bits per heavy atom. The molecule has 3 amide bonds. The van der Waals surface area contributed by atoms with Crippen molar-refractivity contribution in [1.82, 2.24) is 10.2 Å². The summed E-state index contributed by atoms with van der Waals surface area (Å²) in [6.07, 6.45) is 1.90. The van der Waals surface area contributed by atoms with Gasteiger partial charge in [0.05, 0.1) is 0 Å². The van der Waals surface area contributed by atoms with Gasteiger partial charge in [0.1, 0.15) is 0 Å². The van der Waals surface area contributed by atoms with Crippen molar-refractivity contribution in [3.05, 3.63) is 51.9 Å². The Morgan fingerprint density at radius 1 is 1.26 bits per heavy atom. The number of aryl methyl sites for hydroxylation is 2. The van der Waals surface area contributed by atoms with Crippen molar-refractivity contribution in [3.63, 3.8) is 0 Å². The highest BCUT2D eigenvalue weighted by atomic mass is 79.9. The largest absolute Gasteiger partial charge is 0.444 e. The predicted molar refractivity (Wildman–Crippen MR) is 108 cm³/mol. The number of urea groups is 1. The molecule has 1 aromatic heterocycles. The molecule has 0 bridgehead atoms. The number of carbonyl (C=O) groups excluding carboxylic acids is 2. The van der Waals surface area contributed by atoms with Gasteiger partial charge in [-0.15, -0.1) is 0 Å². The number of hydrogen-bond donors (Lipinski definition) is 2. The van der Waals surface area contributed by atoms with Crippen molar-refractivity contribution in [2.45, 2.75) is 26.7 Å². The Kier molecular flexibility index (Phi) is 6.21. The molecule has 144 valence electrons. The summed E-state index contributed by atoms with van der Waals surface area (Å²) in [6, 6.07) is 9.23. The normalized spacial score (nSPS) is 16.9. The van der Waals surface area contributed by atoms with E-state index in [0.717, 1.165) is 29.7 Å². The summed E-state index contributed by atoms with van der Waals surface area (Å²) >= 11 is 3.27. The standard InChI is InChI=1S/C20H24BrN3O3/c1-13-5-7-16(8-6-13)23-20(26)22-11-15-4-3-9-24(12-15)19(25)18-14(2)10-17(21)27-18/h5-8,10,15H,3-4,9,11-12H2,1-2H3,(H2,22,23,26). The molecule has 2 N–H and O–H groups in total. The summed E-state index contributed by atoms with van der Waals surface area (Å²) in [6.45, 7) is 5.72. The second-order valence-electron chi connectivity index (χ2n) is 7.02. The van der Waals surface area contributed by atoms with Crippen LogP contribution in [0.3, 0.4) is 0 Å². The van der Waals surface area contributed by atoms with Gasteiger partial charge in [-0.25, -0.2) is 4.79 Å². The van der Waals surface area contributed by atoms with E-state index in [4.69, 9.17) is 4.42 Å². The van der Waals surface area contributed by atoms with Crippen LogP contribution in [0.15, 0.2) is 39.4 Å². The Balaban J connectivity index is 1.50. The van der Waals surface area contributed by atoms with Crippen molar-refractivity contribution in [2.75, 3.05) is 25.0 Å². The van der Waals surface area contributed by atoms with Gasteiger partial charge in [0.2, 0.25) is 0 Å². The molecule has 1 atom stereocenters. The molecule has 1 aliphatic rings. The van der Waals surface area contributed by atoms with Gasteiger partial charge in [0, 0.05) is 30.9 Å². The average Bonchev–Trinajstić information content (AvgIpc) is 3.00. The van der Waals surface area contributed by atoms with E-state index >= 15 is 0 Å². The molecule has 6 nitrogen and oxygen atoms in total. The van der Waals surface area contributed by atoms with Crippen LogP contribution in [-0.2, 0) is 0 Å². The van der Waals surface area contributed by atoms with Crippen molar-refractivity contribution >= 4 is 33.6 Å². The van der Waals surface area contributed by atoms with E-state index in [9.17, 15) is 9.59 Å². The molecular formula is C20H24BrN3O3. The lowest BCUT2D eigenvalue weighted by molar-refractivity contribution is 0.0640. The van der Waals surface area contributed by atoms with Crippen LogP contribution < -0.4 is 10.6 Å². The number of furan rings is 1. The molecule has 0 saturated carbocycles. The molecule has 1 aliphatic heterocycles. The first-order valence-electron chi connectivity index (χ1n) is 9.09. The molecule has 2 aromatic rings. The minimum Gasteiger partial charge on any atom is -0.444 e. The summed E-state index contributed by atoms with van der Waals surface area (Å²) in [4.78, 5) is 26.6. The first-order valence-corrected chi connectivity index (χ1v) is 9.88. The van der Waals surface area contributed by atoms with Gasteiger partial charge in [-0.1, -0.05) is 17.7 Å². The van der Waals surface area contributed by atoms with Crippen LogP contribution in [0.5, 0.6) is 0 Å². The highest BCUT2D eigenvalue weighted by molar-refractivity contribution is 9.10. The first-order chi connectivity index (χ1) is 12.9. The zero-order valence-corrected chi connectivity index (χ0v) is 17.1. The van der Waals surface area contributed by atoms with E-state index in [1.807, 2.05) is 43.0 Å². The lowest BCUT2D eigenvalue weighted by Crippen LogP contribution is -2.44. The zero-order chi connectivity index (χ0) is 19.4. The molecule has 7 heteroatoms. The number of hydrogen-bond acceptors (Lipinski definition) is 3. The number of amides is 3. The smallest absolute Gasteiger partial charge is 0.319 e. The zero-order valence-electron chi connectivity index (χ0n) is 15.5. The monoisotopic (exact) mass is 433 g/mol. The van der Waals surface area contributed by atoms with Gasteiger partial charge in [-0.05, 0) is 66.7 Å². The van der Waals surface area contributed by atoms with E-state index in [2.05, 4.69) is 26.6 Å². The van der Waals surface area contributed by atoms with Crippen molar-refractivity contribution in [2.24, 2.45) is 5.92 Å². The summed E-state index contributed by atoms with van der Waals surface area (Å²) in [7, 11) is 0. The minimum absolute atomic E-state index is 0.0907. The number of piperidine rings is 1. The number of likely N-dealkylation sites (tertiary alicyclic amines) is 1. The Hall–Kier alpha value is -2.28. The van der Waals surface area contributed by atoms with Crippen molar-refractivity contribution in [3.8, 4) is 0 Å². The predicted octanol–water partition coefficient (Wildman–Crippen LogP) is 4.33. The first kappa shape index (κ1) is 19.5. The average molecular weight is 434 g/mol. The van der Waals surface area contributed by atoms with Crippen molar-refractivity contribution < 1.29 is 14.0 Å². The molecule has 1 unspecified atom stereocenters. The van der Waals surface area contributed by atoms with Crippen LogP contribution >= 0.6 is 15.9 Å². The Morgan fingerprint density at radius 3 is 2.67 bits per heavy atom. The fraction of sp³-hybridized carbons (Fsp3) is 0.400. The van der Waals surface area contributed by atoms with Crippen LogP contribution in [0.4, 0.5) is 10.5 Å². The number of rotatable bonds is 4. The Labute approximate surface area is 167 Å². The lowest BCUT2D eigenvalue weighted by atomic mass is 9.97. The number of nitrogens with one attached hydrogen (secondary N) is 2. The van der Waals surface area contributed by atoms with Gasteiger partial charge in [-0.2, -0.15) is 0 Å². The highest BCUT2D eigenvalue weighted by Gasteiger charge is 2.27. The van der Waals surface area contributed by atoms with Gasteiger partial charge < -0.3 is 20.0 Å². The van der Waals surface area contributed by atoms with Crippen molar-refractivity contribution in [1.29, 1.82) is 0 Å². The van der Waals surface area contributed by atoms with E-state index in [0.29, 0.717) is 30.1 Å². The highest BCUT2D eigenvalue weighted by Crippen LogP contribution is 2.24. The van der Waals surface area contributed by atoms with Gasteiger partial charge >= 0.3 is 6.03 Å². The SMILES string of the molecule is Cc1ccc(NC(=O)NCC2CCCN(C(=O)c3oc(Br)cc3C)C2)cc1. The third-order valence-electron chi connectivity index (χ3n) is 4.75. The van der Waals surface area contributed by atoms with E-state index in [1.165, 1.54) is 0 Å². The summed E-state index contributed by atoms with van der Waals surface area (Å²) in [5.74, 6) is 0.518. The molecule has 2 heterocycles. The van der Waals surface area contributed by atoms with Crippen LogP contribution in [0.25, 0.3) is 0 Å². The molecule has 1 saturated heterocycles. The molecule has 1 aromatic carbocycles. The van der Waals surface area contributed by atoms with Crippen LogP contribution in [0.1, 0.15) is 34.5 Å². The van der Waals surface area contributed by atoms with E-state index < -0.39 is 0 Å². The molecule has 0 radical (unpaired) electrons. The minimum atomic E-state index is -0.229. The quantitative estimate of drug-likeness (QED) is 0.752. The molecular weight excluding hydrogens is 410 g/mol. The summed E-state index contributed by atoms with van der Waals surface area (Å²) in [5, 5.41) is 5.74. The fourth-order valence-electron chi connectivity index (χ4n) is 3.26. The molecule has 1 fully saturated rings. The maximum atomic E-state index is 12.7. The topological polar surface area (TPSA) is 74.6 Å². The number of nitrogens with zero attached hydrogens (tertiary/aromatic N) is 1.